The van der Waals surface area contributed by atoms with Gasteiger partial charge in [-0.05, 0) is 24.8 Å². The van der Waals surface area contributed by atoms with Crippen LogP contribution in [0.2, 0.25) is 5.02 Å². The largest absolute Gasteiger partial charge is 0.418 e. The maximum absolute atomic E-state index is 13.0. The number of amides is 1. The molecule has 1 aromatic carbocycles. The molecule has 0 spiro atoms. The van der Waals surface area contributed by atoms with Gasteiger partial charge >= 0.3 is 6.18 Å². The molecular weight excluding hydrogens is 399 g/mol. The lowest BCUT2D eigenvalue weighted by atomic mass is 10.0. The number of carbonyl (C=O) groups excluding carboxylic acids is 1. The SMILES string of the molecule is O=C(CC1CCCC1)N1CCN(c2cc(Cl)c(C(F)(F)F)cc2[N+](=O)[O-])CC1. The molecule has 10 heteroatoms. The van der Waals surface area contributed by atoms with Crippen LogP contribution in [-0.4, -0.2) is 41.9 Å². The van der Waals surface area contributed by atoms with Gasteiger partial charge in [-0.3, -0.25) is 14.9 Å². The fraction of sp³-hybridized carbons (Fsp3) is 0.611. The topological polar surface area (TPSA) is 66.7 Å². The number of carbonyl (C=O) groups is 1. The molecule has 1 heterocycles. The number of benzene rings is 1. The highest BCUT2D eigenvalue weighted by molar-refractivity contribution is 6.31. The van der Waals surface area contributed by atoms with Crippen LogP contribution in [0.25, 0.3) is 0 Å². The summed E-state index contributed by atoms with van der Waals surface area (Å²) in [7, 11) is 0. The van der Waals surface area contributed by atoms with Crippen molar-refractivity contribution in [1.29, 1.82) is 0 Å². The van der Waals surface area contributed by atoms with E-state index < -0.39 is 27.4 Å². The summed E-state index contributed by atoms with van der Waals surface area (Å²) in [6.07, 6.45) is 0.204. The first-order chi connectivity index (χ1) is 13.2. The molecule has 0 N–H and O–H groups in total. The van der Waals surface area contributed by atoms with Crippen LogP contribution in [0.5, 0.6) is 0 Å². The molecule has 2 aliphatic rings. The van der Waals surface area contributed by atoms with Gasteiger partial charge in [0.25, 0.3) is 5.69 Å². The molecule has 1 amide bonds. The van der Waals surface area contributed by atoms with E-state index in [0.717, 1.165) is 31.7 Å². The Balaban J connectivity index is 1.72. The van der Waals surface area contributed by atoms with Crippen molar-refractivity contribution in [3.8, 4) is 0 Å². The summed E-state index contributed by atoms with van der Waals surface area (Å²) in [5.41, 5.74) is -1.82. The van der Waals surface area contributed by atoms with E-state index >= 15 is 0 Å². The molecule has 1 saturated carbocycles. The highest BCUT2D eigenvalue weighted by atomic mass is 35.5. The first-order valence-corrected chi connectivity index (χ1v) is 9.62. The van der Waals surface area contributed by atoms with Crippen molar-refractivity contribution < 1.29 is 22.9 Å². The Morgan fingerprint density at radius 2 is 1.79 bits per heavy atom. The number of rotatable bonds is 4. The summed E-state index contributed by atoms with van der Waals surface area (Å²) < 4.78 is 39.0. The van der Waals surface area contributed by atoms with Gasteiger partial charge in [0.15, 0.2) is 0 Å². The van der Waals surface area contributed by atoms with Gasteiger partial charge in [0.2, 0.25) is 5.91 Å². The van der Waals surface area contributed by atoms with Gasteiger partial charge in [-0.2, -0.15) is 13.2 Å². The molecule has 154 valence electrons. The molecule has 0 unspecified atom stereocenters. The fourth-order valence-corrected chi connectivity index (χ4v) is 4.22. The molecule has 0 atom stereocenters. The minimum absolute atomic E-state index is 0.0471. The highest BCUT2D eigenvalue weighted by Crippen LogP contribution is 2.41. The Morgan fingerprint density at radius 1 is 1.18 bits per heavy atom. The van der Waals surface area contributed by atoms with Crippen LogP contribution >= 0.6 is 11.6 Å². The van der Waals surface area contributed by atoms with Gasteiger partial charge in [0.1, 0.15) is 5.69 Å². The number of halogens is 4. The third-order valence-electron chi connectivity index (χ3n) is 5.48. The Hall–Kier alpha value is -2.03. The van der Waals surface area contributed by atoms with Crippen LogP contribution in [-0.2, 0) is 11.0 Å². The van der Waals surface area contributed by atoms with Gasteiger partial charge in [-0.25, -0.2) is 0 Å². The van der Waals surface area contributed by atoms with Crippen LogP contribution in [0.4, 0.5) is 24.5 Å². The quantitative estimate of drug-likeness (QED) is 0.532. The van der Waals surface area contributed by atoms with Crippen LogP contribution in [0.1, 0.15) is 37.7 Å². The normalized spacial score (nSPS) is 18.6. The van der Waals surface area contributed by atoms with Crippen LogP contribution < -0.4 is 4.90 Å². The van der Waals surface area contributed by atoms with Gasteiger partial charge in [-0.15, -0.1) is 0 Å². The van der Waals surface area contributed by atoms with Gasteiger partial charge in [0, 0.05) is 38.7 Å². The molecule has 1 aliphatic heterocycles. The van der Waals surface area contributed by atoms with Crippen molar-refractivity contribution in [2.24, 2.45) is 5.92 Å². The minimum Gasteiger partial charge on any atom is -0.362 e. The zero-order valence-corrected chi connectivity index (χ0v) is 15.9. The number of nitro groups is 1. The van der Waals surface area contributed by atoms with E-state index in [0.29, 0.717) is 44.6 Å². The molecule has 6 nitrogen and oxygen atoms in total. The predicted molar refractivity (Wildman–Crippen MR) is 98.5 cm³/mol. The number of hydrogen-bond acceptors (Lipinski definition) is 4. The summed E-state index contributed by atoms with van der Waals surface area (Å²) in [6, 6.07) is 1.48. The Labute approximate surface area is 165 Å². The average Bonchev–Trinajstić information content (AvgIpc) is 3.13. The molecular formula is C18H21ClF3N3O3. The lowest BCUT2D eigenvalue weighted by Gasteiger charge is -2.36. The molecule has 0 aromatic heterocycles. The smallest absolute Gasteiger partial charge is 0.362 e. The summed E-state index contributed by atoms with van der Waals surface area (Å²) in [6.45, 7) is 1.36. The maximum Gasteiger partial charge on any atom is 0.418 e. The first-order valence-electron chi connectivity index (χ1n) is 9.24. The number of alkyl halides is 3. The molecule has 1 aliphatic carbocycles. The van der Waals surface area contributed by atoms with E-state index in [-0.39, 0.29) is 11.6 Å². The molecule has 2 fully saturated rings. The fourth-order valence-electron chi connectivity index (χ4n) is 3.96. The molecule has 1 aromatic rings. The van der Waals surface area contributed by atoms with Crippen molar-refractivity contribution in [2.75, 3.05) is 31.1 Å². The van der Waals surface area contributed by atoms with Crippen molar-refractivity contribution >= 4 is 28.9 Å². The Bertz CT molecular complexity index is 758. The van der Waals surface area contributed by atoms with Crippen LogP contribution in [0.15, 0.2) is 12.1 Å². The standard InChI is InChI=1S/C18H21ClF3N3O3/c19-14-11-15(16(25(27)28)10-13(14)18(20,21)22)23-5-7-24(8-6-23)17(26)9-12-3-1-2-4-12/h10-12H,1-9H2. The second kappa shape index (κ2) is 8.14. The summed E-state index contributed by atoms with van der Waals surface area (Å²) in [4.78, 5) is 26.3. The van der Waals surface area contributed by atoms with Crippen molar-refractivity contribution in [3.63, 3.8) is 0 Å². The number of piperazine rings is 1. The summed E-state index contributed by atoms with van der Waals surface area (Å²) in [5.74, 6) is 0.506. The summed E-state index contributed by atoms with van der Waals surface area (Å²) in [5, 5.41) is 10.7. The third kappa shape index (κ3) is 4.51. The lowest BCUT2D eigenvalue weighted by Crippen LogP contribution is -2.49. The number of hydrogen-bond donors (Lipinski definition) is 0. The van der Waals surface area contributed by atoms with Crippen LogP contribution in [0, 0.1) is 16.0 Å². The van der Waals surface area contributed by atoms with Crippen molar-refractivity contribution in [1.82, 2.24) is 4.90 Å². The van der Waals surface area contributed by atoms with Gasteiger partial charge < -0.3 is 9.80 Å². The molecule has 1 saturated heterocycles. The lowest BCUT2D eigenvalue weighted by molar-refractivity contribution is -0.384. The third-order valence-corrected chi connectivity index (χ3v) is 5.79. The van der Waals surface area contributed by atoms with E-state index in [1.54, 1.807) is 9.80 Å². The number of anilines is 1. The molecule has 28 heavy (non-hydrogen) atoms. The van der Waals surface area contributed by atoms with E-state index in [1.807, 2.05) is 0 Å². The maximum atomic E-state index is 13.0. The van der Waals surface area contributed by atoms with Gasteiger partial charge in [0.05, 0.1) is 15.5 Å². The monoisotopic (exact) mass is 419 g/mol. The van der Waals surface area contributed by atoms with E-state index in [1.165, 1.54) is 0 Å². The second-order valence-corrected chi connectivity index (χ2v) is 7.71. The summed E-state index contributed by atoms with van der Waals surface area (Å²) >= 11 is 5.75. The molecule has 0 bridgehead atoms. The zero-order chi connectivity index (χ0) is 20.5. The van der Waals surface area contributed by atoms with E-state index in [4.69, 9.17) is 11.6 Å². The highest BCUT2D eigenvalue weighted by Gasteiger charge is 2.37. The average molecular weight is 420 g/mol. The van der Waals surface area contributed by atoms with Crippen LogP contribution in [0.3, 0.4) is 0 Å². The zero-order valence-electron chi connectivity index (χ0n) is 15.2. The van der Waals surface area contributed by atoms with Crippen molar-refractivity contribution in [3.05, 3.63) is 32.8 Å². The second-order valence-electron chi connectivity index (χ2n) is 7.30. The molecule has 0 radical (unpaired) electrons. The molecule has 3 rings (SSSR count). The van der Waals surface area contributed by atoms with E-state index in [9.17, 15) is 28.1 Å². The minimum atomic E-state index is -4.77. The van der Waals surface area contributed by atoms with Crippen molar-refractivity contribution in [2.45, 2.75) is 38.3 Å². The Kier molecular flexibility index (Phi) is 6.02. The van der Waals surface area contributed by atoms with Gasteiger partial charge in [-0.1, -0.05) is 24.4 Å². The number of nitro benzene ring substituents is 1. The van der Waals surface area contributed by atoms with E-state index in [2.05, 4.69) is 0 Å². The first kappa shape index (κ1) is 20.7. The predicted octanol–water partition coefficient (Wildman–Crippen LogP) is 4.50. The Morgan fingerprint density at radius 3 is 2.32 bits per heavy atom. The number of nitrogens with zero attached hydrogens (tertiary/aromatic N) is 3.